The molecule has 2 aliphatic rings. The number of alkyl halides is 1. The number of fused-ring (bicyclic) bond motifs is 2. The third kappa shape index (κ3) is 1.89. The summed E-state index contributed by atoms with van der Waals surface area (Å²) < 4.78 is 0. The molecule has 1 heteroatoms. The second kappa shape index (κ2) is 4.24. The van der Waals surface area contributed by atoms with Crippen LogP contribution in [0.1, 0.15) is 35.8 Å². The van der Waals surface area contributed by atoms with E-state index in [0.29, 0.717) is 5.92 Å². The average Bonchev–Trinajstić information content (AvgIpc) is 3.04. The lowest BCUT2D eigenvalue weighted by molar-refractivity contribution is 0.472. The van der Waals surface area contributed by atoms with Gasteiger partial charge in [-0.25, -0.2) is 0 Å². The highest BCUT2D eigenvalue weighted by Gasteiger charge is 2.48. The zero-order valence-electron chi connectivity index (χ0n) is 11.3. The predicted octanol–water partition coefficient (Wildman–Crippen LogP) is 5.47. The number of hydrogen-bond donors (Lipinski definition) is 0. The van der Waals surface area contributed by atoms with Gasteiger partial charge in [0.1, 0.15) is 0 Å². The Morgan fingerprint density at radius 3 is 2.53 bits per heavy atom. The van der Waals surface area contributed by atoms with Crippen molar-refractivity contribution in [1.29, 1.82) is 0 Å². The normalized spacial score (nSPS) is 30.3. The lowest BCUT2D eigenvalue weighted by atomic mass is 9.88. The molecule has 0 N–H and O–H groups in total. The lowest BCUT2D eigenvalue weighted by Gasteiger charge is -2.22. The van der Waals surface area contributed by atoms with E-state index in [0.717, 1.165) is 11.8 Å². The van der Waals surface area contributed by atoms with E-state index in [1.807, 2.05) is 0 Å². The van der Waals surface area contributed by atoms with Gasteiger partial charge in [0.25, 0.3) is 0 Å². The highest BCUT2D eigenvalue weighted by Crippen LogP contribution is 2.58. The summed E-state index contributed by atoms with van der Waals surface area (Å²) in [5, 5.41) is 2.86. The van der Waals surface area contributed by atoms with E-state index >= 15 is 0 Å². The maximum atomic E-state index is 6.88. The molecule has 0 radical (unpaired) electrons. The Balaban J connectivity index is 1.78. The highest BCUT2D eigenvalue weighted by molar-refractivity contribution is 6.22. The maximum absolute atomic E-state index is 6.88. The van der Waals surface area contributed by atoms with E-state index in [9.17, 15) is 0 Å². The largest absolute Gasteiger partial charge is 0.117 e. The molecule has 2 saturated carbocycles. The van der Waals surface area contributed by atoms with Gasteiger partial charge in [-0.15, -0.1) is 11.6 Å². The van der Waals surface area contributed by atoms with Crippen LogP contribution < -0.4 is 0 Å². The Morgan fingerprint density at radius 2 is 1.74 bits per heavy atom. The van der Waals surface area contributed by atoms with E-state index in [1.165, 1.54) is 41.2 Å². The predicted molar refractivity (Wildman–Crippen MR) is 81.6 cm³/mol. The average molecular weight is 271 g/mol. The Hall–Kier alpha value is -1.01. The first-order chi connectivity index (χ1) is 9.24. The topological polar surface area (TPSA) is 0 Å². The molecule has 2 fully saturated rings. The summed E-state index contributed by atoms with van der Waals surface area (Å²) in [5.74, 6) is 2.69. The standard InChI is InChI=1S/C18H19Cl/c1-11-6-7-12-4-2-3-5-16(12)17(11)18(19)15-9-13-8-14(13)10-15/h2-7,13-15,18H,8-10H2,1H3. The summed E-state index contributed by atoms with van der Waals surface area (Å²) in [7, 11) is 0. The molecule has 2 aromatic carbocycles. The Labute approximate surface area is 119 Å². The lowest BCUT2D eigenvalue weighted by Crippen LogP contribution is -2.08. The van der Waals surface area contributed by atoms with Crippen molar-refractivity contribution >= 4 is 22.4 Å². The summed E-state index contributed by atoms with van der Waals surface area (Å²) >= 11 is 6.88. The van der Waals surface area contributed by atoms with E-state index in [4.69, 9.17) is 11.6 Å². The van der Waals surface area contributed by atoms with Crippen LogP contribution in [0.15, 0.2) is 36.4 Å². The number of rotatable bonds is 2. The quantitative estimate of drug-likeness (QED) is 0.635. The molecule has 2 aliphatic carbocycles. The molecule has 0 nitrogen and oxygen atoms in total. The number of aryl methyl sites for hydroxylation is 1. The molecule has 0 spiro atoms. The maximum Gasteiger partial charge on any atom is 0.0622 e. The van der Waals surface area contributed by atoms with Gasteiger partial charge in [0.05, 0.1) is 5.38 Å². The number of benzene rings is 2. The minimum absolute atomic E-state index is 0.193. The third-order valence-corrected chi connectivity index (χ3v) is 5.73. The van der Waals surface area contributed by atoms with Crippen molar-refractivity contribution in [3.05, 3.63) is 47.5 Å². The van der Waals surface area contributed by atoms with Gasteiger partial charge in [-0.1, -0.05) is 36.4 Å². The van der Waals surface area contributed by atoms with Crippen molar-refractivity contribution in [2.24, 2.45) is 17.8 Å². The molecule has 0 heterocycles. The molecule has 4 rings (SSSR count). The highest BCUT2D eigenvalue weighted by atomic mass is 35.5. The zero-order chi connectivity index (χ0) is 13.0. The van der Waals surface area contributed by atoms with Crippen LogP contribution in [-0.4, -0.2) is 0 Å². The van der Waals surface area contributed by atoms with Gasteiger partial charge in [-0.3, -0.25) is 0 Å². The molecule has 0 aliphatic heterocycles. The molecule has 2 aromatic rings. The molecule has 0 bridgehead atoms. The van der Waals surface area contributed by atoms with Gasteiger partial charge in [-0.05, 0) is 65.8 Å². The second-order valence-corrected chi connectivity index (χ2v) is 6.88. The van der Waals surface area contributed by atoms with E-state index in [1.54, 1.807) is 0 Å². The first-order valence-corrected chi connectivity index (χ1v) is 7.80. The molecule has 19 heavy (non-hydrogen) atoms. The van der Waals surface area contributed by atoms with Gasteiger partial charge in [0.2, 0.25) is 0 Å². The van der Waals surface area contributed by atoms with E-state index < -0.39 is 0 Å². The van der Waals surface area contributed by atoms with Crippen LogP contribution in [0.5, 0.6) is 0 Å². The smallest absolute Gasteiger partial charge is 0.0622 e. The zero-order valence-corrected chi connectivity index (χ0v) is 12.0. The number of hydrogen-bond acceptors (Lipinski definition) is 0. The van der Waals surface area contributed by atoms with Crippen LogP contribution in [0, 0.1) is 24.7 Å². The molecule has 3 unspecified atom stereocenters. The van der Waals surface area contributed by atoms with Crippen molar-refractivity contribution in [1.82, 2.24) is 0 Å². The molecular weight excluding hydrogens is 252 g/mol. The summed E-state index contributed by atoms with van der Waals surface area (Å²) in [6, 6.07) is 13.1. The van der Waals surface area contributed by atoms with Crippen molar-refractivity contribution in [3.8, 4) is 0 Å². The van der Waals surface area contributed by atoms with Crippen molar-refractivity contribution in [3.63, 3.8) is 0 Å². The monoisotopic (exact) mass is 270 g/mol. The molecule has 98 valence electrons. The summed E-state index contributed by atoms with van der Waals surface area (Å²) in [5.41, 5.74) is 2.73. The van der Waals surface area contributed by atoms with Crippen molar-refractivity contribution < 1.29 is 0 Å². The fraction of sp³-hybridized carbons (Fsp3) is 0.444. The molecule has 0 saturated heterocycles. The summed E-state index contributed by atoms with van der Waals surface area (Å²) in [6.07, 6.45) is 4.16. The van der Waals surface area contributed by atoms with Gasteiger partial charge in [0, 0.05) is 0 Å². The first-order valence-electron chi connectivity index (χ1n) is 7.36. The number of halogens is 1. The van der Waals surface area contributed by atoms with E-state index in [-0.39, 0.29) is 5.38 Å². The van der Waals surface area contributed by atoms with Crippen LogP contribution in [-0.2, 0) is 0 Å². The second-order valence-electron chi connectivity index (χ2n) is 6.41. The summed E-state index contributed by atoms with van der Waals surface area (Å²) in [4.78, 5) is 0. The van der Waals surface area contributed by atoms with Gasteiger partial charge >= 0.3 is 0 Å². The fourth-order valence-electron chi connectivity index (χ4n) is 4.01. The van der Waals surface area contributed by atoms with Crippen LogP contribution in [0.4, 0.5) is 0 Å². The molecule has 3 atom stereocenters. The molecular formula is C18H19Cl. The van der Waals surface area contributed by atoms with Crippen LogP contribution >= 0.6 is 11.6 Å². The minimum Gasteiger partial charge on any atom is -0.117 e. The SMILES string of the molecule is Cc1ccc2ccccc2c1C(Cl)C1CC2CC2C1. The summed E-state index contributed by atoms with van der Waals surface area (Å²) in [6.45, 7) is 2.20. The van der Waals surface area contributed by atoms with Crippen molar-refractivity contribution in [2.75, 3.05) is 0 Å². The molecule has 0 aromatic heterocycles. The van der Waals surface area contributed by atoms with Gasteiger partial charge in [-0.2, -0.15) is 0 Å². The Kier molecular flexibility index (Phi) is 2.63. The molecule has 0 amide bonds. The fourth-order valence-corrected chi connectivity index (χ4v) is 4.50. The first kappa shape index (κ1) is 11.8. The minimum atomic E-state index is 0.193. The van der Waals surface area contributed by atoms with Crippen LogP contribution in [0.2, 0.25) is 0 Å². The third-order valence-electron chi connectivity index (χ3n) is 5.16. The van der Waals surface area contributed by atoms with Crippen LogP contribution in [0.3, 0.4) is 0 Å². The van der Waals surface area contributed by atoms with Gasteiger partial charge in [0.15, 0.2) is 0 Å². The Bertz CT molecular complexity index is 621. The van der Waals surface area contributed by atoms with E-state index in [2.05, 4.69) is 43.3 Å². The van der Waals surface area contributed by atoms with Gasteiger partial charge < -0.3 is 0 Å². The van der Waals surface area contributed by atoms with Crippen molar-refractivity contribution in [2.45, 2.75) is 31.6 Å². The van der Waals surface area contributed by atoms with Crippen LogP contribution in [0.25, 0.3) is 10.8 Å². The Morgan fingerprint density at radius 1 is 1.00 bits per heavy atom.